The Morgan fingerprint density at radius 3 is 2.45 bits per heavy atom. The molecule has 1 fully saturated rings. The first-order valence-electron chi connectivity index (χ1n) is 4.69. The summed E-state index contributed by atoms with van der Waals surface area (Å²) in [5.41, 5.74) is 5.75. The maximum Gasteiger partial charge on any atom is 0.0719 e. The lowest BCUT2D eigenvalue weighted by molar-refractivity contribution is 0.0832. The van der Waals surface area contributed by atoms with Crippen molar-refractivity contribution in [3.63, 3.8) is 0 Å². The van der Waals surface area contributed by atoms with Crippen molar-refractivity contribution in [2.75, 3.05) is 0 Å². The van der Waals surface area contributed by atoms with Gasteiger partial charge in [0.1, 0.15) is 0 Å². The Morgan fingerprint density at radius 1 is 1.45 bits per heavy atom. The van der Waals surface area contributed by atoms with Crippen LogP contribution in [0.15, 0.2) is 0 Å². The first-order valence-corrected chi connectivity index (χ1v) is 4.69. The molecule has 0 spiro atoms. The van der Waals surface area contributed by atoms with E-state index < -0.39 is 0 Å². The summed E-state index contributed by atoms with van der Waals surface area (Å²) in [6, 6.07) is -0.00176. The molecule has 0 unspecified atom stereocenters. The van der Waals surface area contributed by atoms with Crippen LogP contribution in [0.3, 0.4) is 0 Å². The smallest absolute Gasteiger partial charge is 0.0719 e. The monoisotopic (exact) mass is 157 g/mol. The number of hydrogen-bond acceptors (Lipinski definition) is 2. The summed E-state index contributed by atoms with van der Waals surface area (Å²) in [7, 11) is 0. The van der Waals surface area contributed by atoms with Gasteiger partial charge in [0.15, 0.2) is 0 Å². The van der Waals surface area contributed by atoms with Crippen LogP contribution < -0.4 is 5.73 Å². The van der Waals surface area contributed by atoms with Crippen LogP contribution in [-0.2, 0) is 0 Å². The SMILES string of the molecule is CC[C@@H](N)[C@@H](O)C1CCCC1. The Morgan fingerprint density at radius 2 is 2.00 bits per heavy atom. The zero-order valence-electron chi connectivity index (χ0n) is 7.29. The van der Waals surface area contributed by atoms with Crippen LogP contribution in [0.1, 0.15) is 39.0 Å². The summed E-state index contributed by atoms with van der Waals surface area (Å²) < 4.78 is 0. The summed E-state index contributed by atoms with van der Waals surface area (Å²) in [5, 5.41) is 9.69. The highest BCUT2D eigenvalue weighted by molar-refractivity contribution is 4.81. The van der Waals surface area contributed by atoms with E-state index in [1.807, 2.05) is 6.92 Å². The zero-order chi connectivity index (χ0) is 8.27. The normalized spacial score (nSPS) is 25.4. The molecular weight excluding hydrogens is 138 g/mol. The topological polar surface area (TPSA) is 46.2 Å². The average Bonchev–Trinajstić information content (AvgIpc) is 2.53. The van der Waals surface area contributed by atoms with E-state index in [-0.39, 0.29) is 12.1 Å². The minimum absolute atomic E-state index is 0.00176. The van der Waals surface area contributed by atoms with Gasteiger partial charge in [-0.25, -0.2) is 0 Å². The molecule has 0 saturated heterocycles. The first-order chi connectivity index (χ1) is 5.25. The minimum Gasteiger partial charge on any atom is -0.391 e. The van der Waals surface area contributed by atoms with Crippen molar-refractivity contribution in [1.82, 2.24) is 0 Å². The summed E-state index contributed by atoms with van der Waals surface area (Å²) in [6.07, 6.45) is 5.54. The number of aliphatic hydroxyl groups is 1. The summed E-state index contributed by atoms with van der Waals surface area (Å²) in [6.45, 7) is 2.03. The molecule has 0 heterocycles. The van der Waals surface area contributed by atoms with Gasteiger partial charge in [0.25, 0.3) is 0 Å². The van der Waals surface area contributed by atoms with Gasteiger partial charge in [-0.1, -0.05) is 19.8 Å². The molecule has 1 aliphatic carbocycles. The van der Waals surface area contributed by atoms with Crippen molar-refractivity contribution in [2.45, 2.75) is 51.2 Å². The van der Waals surface area contributed by atoms with Crippen LogP contribution in [0, 0.1) is 5.92 Å². The van der Waals surface area contributed by atoms with E-state index in [0.29, 0.717) is 5.92 Å². The fourth-order valence-electron chi connectivity index (χ4n) is 1.89. The Bertz CT molecular complexity index is 110. The predicted molar refractivity (Wildman–Crippen MR) is 46.2 cm³/mol. The molecule has 3 N–H and O–H groups in total. The highest BCUT2D eigenvalue weighted by Crippen LogP contribution is 2.28. The molecule has 1 saturated carbocycles. The standard InChI is InChI=1S/C9H19NO/c1-2-8(10)9(11)7-5-3-4-6-7/h7-9,11H,2-6,10H2,1H3/t8-,9+/m1/s1. The second-order valence-electron chi connectivity index (χ2n) is 3.61. The van der Waals surface area contributed by atoms with E-state index in [9.17, 15) is 5.11 Å². The highest BCUT2D eigenvalue weighted by atomic mass is 16.3. The summed E-state index contributed by atoms with van der Waals surface area (Å²) in [4.78, 5) is 0. The van der Waals surface area contributed by atoms with Gasteiger partial charge >= 0.3 is 0 Å². The Balaban J connectivity index is 2.32. The lowest BCUT2D eigenvalue weighted by Crippen LogP contribution is -2.38. The maximum absolute atomic E-state index is 9.69. The Hall–Kier alpha value is -0.0800. The molecule has 0 amide bonds. The lowest BCUT2D eigenvalue weighted by Gasteiger charge is -2.22. The zero-order valence-corrected chi connectivity index (χ0v) is 7.29. The third kappa shape index (κ3) is 2.17. The molecule has 66 valence electrons. The molecule has 0 aliphatic heterocycles. The fraction of sp³-hybridized carbons (Fsp3) is 1.00. The molecule has 1 rings (SSSR count). The van der Waals surface area contributed by atoms with Gasteiger partial charge in [0, 0.05) is 6.04 Å². The van der Waals surface area contributed by atoms with E-state index >= 15 is 0 Å². The fourth-order valence-corrected chi connectivity index (χ4v) is 1.89. The van der Waals surface area contributed by atoms with Gasteiger partial charge in [-0.3, -0.25) is 0 Å². The quantitative estimate of drug-likeness (QED) is 0.648. The first kappa shape index (κ1) is 9.01. The van der Waals surface area contributed by atoms with E-state index in [1.165, 1.54) is 25.7 Å². The van der Waals surface area contributed by atoms with Crippen molar-refractivity contribution in [1.29, 1.82) is 0 Å². The second-order valence-corrected chi connectivity index (χ2v) is 3.61. The molecule has 0 aromatic carbocycles. The number of aliphatic hydroxyl groups excluding tert-OH is 1. The van der Waals surface area contributed by atoms with Crippen molar-refractivity contribution in [3.05, 3.63) is 0 Å². The molecule has 0 aromatic heterocycles. The van der Waals surface area contributed by atoms with Crippen molar-refractivity contribution in [3.8, 4) is 0 Å². The molecule has 2 heteroatoms. The third-order valence-electron chi connectivity index (χ3n) is 2.79. The van der Waals surface area contributed by atoms with Crippen molar-refractivity contribution >= 4 is 0 Å². The van der Waals surface area contributed by atoms with Crippen LogP contribution in [0.4, 0.5) is 0 Å². The average molecular weight is 157 g/mol. The lowest BCUT2D eigenvalue weighted by atomic mass is 9.94. The minimum atomic E-state index is -0.248. The third-order valence-corrected chi connectivity index (χ3v) is 2.79. The van der Waals surface area contributed by atoms with E-state index in [0.717, 1.165) is 6.42 Å². The van der Waals surface area contributed by atoms with Gasteiger partial charge in [-0.05, 0) is 25.2 Å². The molecule has 0 bridgehead atoms. The molecular formula is C9H19NO. The molecule has 1 aliphatic rings. The highest BCUT2D eigenvalue weighted by Gasteiger charge is 2.26. The number of rotatable bonds is 3. The predicted octanol–water partition coefficient (Wildman–Crippen LogP) is 1.27. The van der Waals surface area contributed by atoms with Crippen LogP contribution in [0.25, 0.3) is 0 Å². The number of hydrogen-bond donors (Lipinski definition) is 2. The van der Waals surface area contributed by atoms with Crippen LogP contribution in [0.2, 0.25) is 0 Å². The number of nitrogens with two attached hydrogens (primary N) is 1. The van der Waals surface area contributed by atoms with Gasteiger partial charge in [0.2, 0.25) is 0 Å². The summed E-state index contributed by atoms with van der Waals surface area (Å²) in [5.74, 6) is 0.491. The molecule has 11 heavy (non-hydrogen) atoms. The Labute approximate surface area is 68.8 Å². The van der Waals surface area contributed by atoms with Gasteiger partial charge in [-0.2, -0.15) is 0 Å². The van der Waals surface area contributed by atoms with E-state index in [1.54, 1.807) is 0 Å². The largest absolute Gasteiger partial charge is 0.391 e. The van der Waals surface area contributed by atoms with Crippen LogP contribution in [0.5, 0.6) is 0 Å². The molecule has 0 aromatic rings. The van der Waals surface area contributed by atoms with Crippen LogP contribution in [-0.4, -0.2) is 17.3 Å². The van der Waals surface area contributed by atoms with Crippen LogP contribution >= 0.6 is 0 Å². The van der Waals surface area contributed by atoms with Gasteiger partial charge < -0.3 is 10.8 Å². The second kappa shape index (κ2) is 4.07. The molecule has 0 radical (unpaired) electrons. The Kier molecular flexibility index (Phi) is 3.34. The van der Waals surface area contributed by atoms with E-state index in [2.05, 4.69) is 0 Å². The van der Waals surface area contributed by atoms with Gasteiger partial charge in [-0.15, -0.1) is 0 Å². The van der Waals surface area contributed by atoms with Crippen molar-refractivity contribution in [2.24, 2.45) is 11.7 Å². The summed E-state index contributed by atoms with van der Waals surface area (Å²) >= 11 is 0. The van der Waals surface area contributed by atoms with Gasteiger partial charge in [0.05, 0.1) is 6.10 Å². The maximum atomic E-state index is 9.69. The van der Waals surface area contributed by atoms with Crippen molar-refractivity contribution < 1.29 is 5.11 Å². The molecule has 2 nitrogen and oxygen atoms in total. The molecule has 2 atom stereocenters. The van der Waals surface area contributed by atoms with E-state index in [4.69, 9.17) is 5.73 Å².